The third-order valence-electron chi connectivity index (χ3n) is 3.55. The molecule has 0 unspecified atom stereocenters. The fourth-order valence-electron chi connectivity index (χ4n) is 2.30. The molecular weight excluding hydrogens is 258 g/mol. The number of benzene rings is 1. The molecule has 1 aromatic carbocycles. The van der Waals surface area contributed by atoms with Crippen molar-refractivity contribution < 1.29 is 8.42 Å². The topological polar surface area (TPSA) is 37.4 Å². The molecule has 1 heterocycles. The van der Waals surface area contributed by atoms with Gasteiger partial charge in [-0.25, -0.2) is 8.42 Å². The number of hydrogen-bond acceptors (Lipinski definition) is 2. The smallest absolute Gasteiger partial charge is 0.207 e. The summed E-state index contributed by atoms with van der Waals surface area (Å²) in [7, 11) is -3.40. The van der Waals surface area contributed by atoms with Crippen LogP contribution in [0.2, 0.25) is 0 Å². The highest BCUT2D eigenvalue weighted by Crippen LogP contribution is 2.28. The average molecular weight is 277 g/mol. The first-order valence-electron chi connectivity index (χ1n) is 6.33. The van der Waals surface area contributed by atoms with E-state index in [2.05, 4.69) is 6.58 Å². The molecule has 1 fully saturated rings. The summed E-state index contributed by atoms with van der Waals surface area (Å²) in [5.41, 5.74) is 2.17. The first-order valence-corrected chi connectivity index (χ1v) is 7.77. The van der Waals surface area contributed by atoms with E-state index in [0.717, 1.165) is 11.1 Å². The Bertz CT molecular complexity index is 600. The van der Waals surface area contributed by atoms with Crippen LogP contribution in [0.4, 0.5) is 0 Å². The number of allylic oxidation sites excluding steroid dienone is 1. The third-order valence-corrected chi connectivity index (χ3v) is 5.38. The summed E-state index contributed by atoms with van der Waals surface area (Å²) in [4.78, 5) is 0.360. The van der Waals surface area contributed by atoms with Crippen molar-refractivity contribution in [3.8, 4) is 0 Å². The van der Waals surface area contributed by atoms with Crippen LogP contribution in [0.1, 0.15) is 12.5 Å². The van der Waals surface area contributed by atoms with E-state index in [-0.39, 0.29) is 5.92 Å². The van der Waals surface area contributed by atoms with Gasteiger partial charge in [-0.15, -0.1) is 6.58 Å². The lowest BCUT2D eigenvalue weighted by atomic mass is 10.0. The summed E-state index contributed by atoms with van der Waals surface area (Å²) < 4.78 is 26.6. The first kappa shape index (κ1) is 14.0. The predicted molar refractivity (Wildman–Crippen MR) is 77.4 cm³/mol. The zero-order chi connectivity index (χ0) is 14.0. The summed E-state index contributed by atoms with van der Waals surface area (Å²) in [5.74, 6) is 0.130. The van der Waals surface area contributed by atoms with Crippen molar-refractivity contribution in [2.24, 2.45) is 5.92 Å². The van der Waals surface area contributed by atoms with Gasteiger partial charge in [0.05, 0.1) is 4.90 Å². The second-order valence-corrected chi connectivity index (χ2v) is 6.75. The van der Waals surface area contributed by atoms with Crippen molar-refractivity contribution in [1.29, 1.82) is 0 Å². The second-order valence-electron chi connectivity index (χ2n) is 4.82. The van der Waals surface area contributed by atoms with Crippen LogP contribution in [-0.2, 0) is 10.0 Å². The van der Waals surface area contributed by atoms with Gasteiger partial charge in [0, 0.05) is 19.0 Å². The van der Waals surface area contributed by atoms with Crippen molar-refractivity contribution in [3.63, 3.8) is 0 Å². The Morgan fingerprint density at radius 1 is 1.32 bits per heavy atom. The van der Waals surface area contributed by atoms with E-state index < -0.39 is 10.0 Å². The Balaban J connectivity index is 2.32. The molecule has 0 saturated carbocycles. The normalized spacial score (nSPS) is 22.8. The maximum Gasteiger partial charge on any atom is 0.243 e. The van der Waals surface area contributed by atoms with Gasteiger partial charge in [-0.1, -0.05) is 35.4 Å². The standard InChI is InChI=1S/C15H19NO2S/c1-4-13-10-16(11-14(13)5-2)19(17,18)15-8-6-12(3)7-9-15/h4-9,13H,1,10-11H2,2-3H3/b14-5+/t13-/m1/s1. The van der Waals surface area contributed by atoms with Gasteiger partial charge < -0.3 is 0 Å². The molecule has 0 aliphatic carbocycles. The zero-order valence-corrected chi connectivity index (χ0v) is 12.2. The zero-order valence-electron chi connectivity index (χ0n) is 11.3. The van der Waals surface area contributed by atoms with Gasteiger partial charge in [-0.3, -0.25) is 0 Å². The number of hydrogen-bond donors (Lipinski definition) is 0. The first-order chi connectivity index (χ1) is 8.98. The van der Waals surface area contributed by atoms with Gasteiger partial charge in [-0.2, -0.15) is 4.31 Å². The van der Waals surface area contributed by atoms with Crippen LogP contribution < -0.4 is 0 Å². The lowest BCUT2D eigenvalue weighted by Crippen LogP contribution is -2.28. The van der Waals surface area contributed by atoms with E-state index in [9.17, 15) is 8.42 Å². The second kappa shape index (κ2) is 5.31. The third kappa shape index (κ3) is 2.65. The molecule has 1 aromatic rings. The Kier molecular flexibility index (Phi) is 3.92. The molecule has 4 heteroatoms. The van der Waals surface area contributed by atoms with Crippen LogP contribution in [0.3, 0.4) is 0 Å². The van der Waals surface area contributed by atoms with Crippen molar-refractivity contribution in [2.45, 2.75) is 18.7 Å². The van der Waals surface area contributed by atoms with Gasteiger partial charge in [0.2, 0.25) is 10.0 Å². The molecule has 2 rings (SSSR count). The Morgan fingerprint density at radius 3 is 2.42 bits per heavy atom. The fourth-order valence-corrected chi connectivity index (χ4v) is 3.75. The van der Waals surface area contributed by atoms with E-state index in [1.54, 1.807) is 12.1 Å². The quantitative estimate of drug-likeness (QED) is 0.797. The number of rotatable bonds is 3. The summed E-state index contributed by atoms with van der Waals surface area (Å²) in [6, 6.07) is 6.98. The predicted octanol–water partition coefficient (Wildman–Crippen LogP) is 2.75. The molecule has 0 amide bonds. The van der Waals surface area contributed by atoms with Crippen LogP contribution >= 0.6 is 0 Å². The molecule has 3 nitrogen and oxygen atoms in total. The molecule has 1 aliphatic rings. The minimum atomic E-state index is -3.40. The van der Waals surface area contributed by atoms with Crippen molar-refractivity contribution >= 4 is 10.0 Å². The molecular formula is C15H19NO2S. The van der Waals surface area contributed by atoms with Crippen LogP contribution in [0.15, 0.2) is 53.5 Å². The molecule has 1 atom stereocenters. The summed E-state index contributed by atoms with van der Waals surface area (Å²) in [6.07, 6.45) is 3.80. The molecule has 0 spiro atoms. The lowest BCUT2D eigenvalue weighted by molar-refractivity contribution is 0.471. The van der Waals surface area contributed by atoms with Crippen LogP contribution in [-0.4, -0.2) is 25.8 Å². The van der Waals surface area contributed by atoms with Crippen LogP contribution in [0, 0.1) is 12.8 Å². The molecule has 0 bridgehead atoms. The molecule has 0 N–H and O–H groups in total. The van der Waals surface area contributed by atoms with Crippen molar-refractivity contribution in [1.82, 2.24) is 4.31 Å². The SMILES string of the molecule is C=C[C@@H]1CN(S(=O)(=O)c2ccc(C)cc2)C/C1=C\C. The largest absolute Gasteiger partial charge is 0.243 e. The summed E-state index contributed by atoms with van der Waals surface area (Å²) >= 11 is 0. The van der Waals surface area contributed by atoms with Crippen molar-refractivity contribution in [3.05, 3.63) is 54.1 Å². The van der Waals surface area contributed by atoms with Gasteiger partial charge >= 0.3 is 0 Å². The summed E-state index contributed by atoms with van der Waals surface area (Å²) in [6.45, 7) is 8.61. The van der Waals surface area contributed by atoms with Crippen LogP contribution in [0.5, 0.6) is 0 Å². The molecule has 1 saturated heterocycles. The number of nitrogens with zero attached hydrogens (tertiary/aromatic N) is 1. The highest BCUT2D eigenvalue weighted by atomic mass is 32.2. The Labute approximate surface area is 115 Å². The van der Waals surface area contributed by atoms with E-state index in [1.165, 1.54) is 4.31 Å². The van der Waals surface area contributed by atoms with Crippen molar-refractivity contribution in [2.75, 3.05) is 13.1 Å². The Morgan fingerprint density at radius 2 is 1.95 bits per heavy atom. The highest BCUT2D eigenvalue weighted by molar-refractivity contribution is 7.89. The van der Waals surface area contributed by atoms with E-state index in [1.807, 2.05) is 38.1 Å². The molecule has 1 aliphatic heterocycles. The monoisotopic (exact) mass is 277 g/mol. The maximum absolute atomic E-state index is 12.5. The number of sulfonamides is 1. The lowest BCUT2D eigenvalue weighted by Gasteiger charge is -2.15. The molecule has 0 aromatic heterocycles. The van der Waals surface area contributed by atoms with Gasteiger partial charge in [0.1, 0.15) is 0 Å². The average Bonchev–Trinajstić information content (AvgIpc) is 2.83. The Hall–Kier alpha value is -1.39. The number of aryl methyl sites for hydroxylation is 1. The van der Waals surface area contributed by atoms with Gasteiger partial charge in [0.15, 0.2) is 0 Å². The molecule has 102 valence electrons. The minimum absolute atomic E-state index is 0.130. The van der Waals surface area contributed by atoms with E-state index >= 15 is 0 Å². The summed E-state index contributed by atoms with van der Waals surface area (Å²) in [5, 5.41) is 0. The minimum Gasteiger partial charge on any atom is -0.207 e. The van der Waals surface area contributed by atoms with Crippen LogP contribution in [0.25, 0.3) is 0 Å². The van der Waals surface area contributed by atoms with E-state index in [0.29, 0.717) is 18.0 Å². The van der Waals surface area contributed by atoms with E-state index in [4.69, 9.17) is 0 Å². The van der Waals surface area contributed by atoms with Gasteiger partial charge in [0.25, 0.3) is 0 Å². The molecule has 19 heavy (non-hydrogen) atoms. The fraction of sp³-hybridized carbons (Fsp3) is 0.333. The van der Waals surface area contributed by atoms with Gasteiger partial charge in [-0.05, 0) is 26.0 Å². The highest BCUT2D eigenvalue weighted by Gasteiger charge is 2.33. The maximum atomic E-state index is 12.5. The molecule has 0 radical (unpaired) electrons.